The number of carbonyl (C=O) groups is 1. The zero-order valence-corrected chi connectivity index (χ0v) is 12.3. The number of ether oxygens (including phenoxy) is 2. The Kier molecular flexibility index (Phi) is 5.89. The minimum atomic E-state index is -0.210. The molecule has 0 spiro atoms. The quantitative estimate of drug-likeness (QED) is 0.861. The molecule has 2 aromatic rings. The first kappa shape index (κ1) is 15.5. The van der Waals surface area contributed by atoms with Crippen LogP contribution in [0.5, 0.6) is 11.5 Å². The lowest BCUT2D eigenvalue weighted by Gasteiger charge is -2.06. The molecule has 22 heavy (non-hydrogen) atoms. The second-order valence-electron chi connectivity index (χ2n) is 4.41. The maximum atomic E-state index is 11.6. The molecule has 0 unspecified atom stereocenters. The van der Waals surface area contributed by atoms with Gasteiger partial charge in [-0.3, -0.25) is 4.79 Å². The second-order valence-corrected chi connectivity index (χ2v) is 4.41. The van der Waals surface area contributed by atoms with Gasteiger partial charge in [-0.15, -0.1) is 0 Å². The van der Waals surface area contributed by atoms with Gasteiger partial charge in [0.2, 0.25) is 0 Å². The Morgan fingerprint density at radius 1 is 1.05 bits per heavy atom. The Bertz CT molecular complexity index is 654. The summed E-state index contributed by atoms with van der Waals surface area (Å²) in [5.41, 5.74) is 0.922. The van der Waals surface area contributed by atoms with Crippen LogP contribution < -0.4 is 14.8 Å². The van der Waals surface area contributed by atoms with Crippen molar-refractivity contribution >= 4 is 5.91 Å². The van der Waals surface area contributed by atoms with E-state index in [-0.39, 0.29) is 12.5 Å². The van der Waals surface area contributed by atoms with Gasteiger partial charge in [0.05, 0.1) is 13.7 Å². The largest absolute Gasteiger partial charge is 0.497 e. The molecule has 2 rings (SSSR count). The van der Waals surface area contributed by atoms with Crippen LogP contribution >= 0.6 is 0 Å². The van der Waals surface area contributed by atoms with E-state index in [9.17, 15) is 4.79 Å². The third-order valence-electron chi connectivity index (χ3n) is 2.81. The maximum absolute atomic E-state index is 11.6. The van der Waals surface area contributed by atoms with Gasteiger partial charge in [-0.05, 0) is 36.4 Å². The van der Waals surface area contributed by atoms with Crippen molar-refractivity contribution in [3.63, 3.8) is 0 Å². The average Bonchev–Trinajstić information content (AvgIpc) is 2.58. The van der Waals surface area contributed by atoms with E-state index in [1.54, 1.807) is 31.4 Å². The van der Waals surface area contributed by atoms with E-state index < -0.39 is 0 Å². The van der Waals surface area contributed by atoms with Crippen molar-refractivity contribution < 1.29 is 14.3 Å². The average molecular weight is 295 g/mol. The predicted octanol–water partition coefficient (Wildman–Crippen LogP) is 2.24. The van der Waals surface area contributed by atoms with Crippen LogP contribution in [0.2, 0.25) is 0 Å². The molecule has 1 amide bonds. The number of methoxy groups -OCH3 is 1. The molecule has 0 heterocycles. The summed E-state index contributed by atoms with van der Waals surface area (Å²) < 4.78 is 10.4. The SMILES string of the molecule is COc1ccc(OCC(=O)NCC#Cc2ccccc2)cc1. The van der Waals surface area contributed by atoms with E-state index in [1.165, 1.54) is 0 Å². The van der Waals surface area contributed by atoms with Gasteiger partial charge in [0.15, 0.2) is 6.61 Å². The zero-order valence-electron chi connectivity index (χ0n) is 12.3. The van der Waals surface area contributed by atoms with Crippen molar-refractivity contribution in [3.8, 4) is 23.3 Å². The van der Waals surface area contributed by atoms with Crippen LogP contribution in [-0.4, -0.2) is 26.2 Å². The van der Waals surface area contributed by atoms with E-state index >= 15 is 0 Å². The van der Waals surface area contributed by atoms with Gasteiger partial charge in [-0.2, -0.15) is 0 Å². The normalized spacial score (nSPS) is 9.32. The van der Waals surface area contributed by atoms with Gasteiger partial charge >= 0.3 is 0 Å². The van der Waals surface area contributed by atoms with Crippen molar-refractivity contribution in [2.24, 2.45) is 0 Å². The lowest BCUT2D eigenvalue weighted by Crippen LogP contribution is -2.29. The number of carbonyl (C=O) groups excluding carboxylic acids is 1. The predicted molar refractivity (Wildman–Crippen MR) is 84.8 cm³/mol. The molecule has 0 bridgehead atoms. The molecular formula is C18H17NO3. The van der Waals surface area contributed by atoms with Crippen LogP contribution in [-0.2, 0) is 4.79 Å². The first-order valence-corrected chi connectivity index (χ1v) is 6.85. The van der Waals surface area contributed by atoms with Crippen molar-refractivity contribution in [1.29, 1.82) is 0 Å². The van der Waals surface area contributed by atoms with Gasteiger partial charge < -0.3 is 14.8 Å². The smallest absolute Gasteiger partial charge is 0.258 e. The summed E-state index contributed by atoms with van der Waals surface area (Å²) in [5, 5.41) is 2.68. The summed E-state index contributed by atoms with van der Waals surface area (Å²) >= 11 is 0. The van der Waals surface area contributed by atoms with Gasteiger partial charge in [-0.25, -0.2) is 0 Å². The lowest BCUT2D eigenvalue weighted by molar-refractivity contribution is -0.122. The molecule has 2 aromatic carbocycles. The molecule has 0 saturated heterocycles. The number of amides is 1. The summed E-state index contributed by atoms with van der Waals surface area (Å²) in [6.07, 6.45) is 0. The fraction of sp³-hybridized carbons (Fsp3) is 0.167. The fourth-order valence-electron chi connectivity index (χ4n) is 1.68. The fourth-order valence-corrected chi connectivity index (χ4v) is 1.68. The number of hydrogen-bond acceptors (Lipinski definition) is 3. The minimum Gasteiger partial charge on any atom is -0.497 e. The number of rotatable bonds is 5. The third kappa shape index (κ3) is 5.22. The summed E-state index contributed by atoms with van der Waals surface area (Å²) in [6, 6.07) is 16.7. The third-order valence-corrected chi connectivity index (χ3v) is 2.81. The van der Waals surface area contributed by atoms with Gasteiger partial charge in [0.25, 0.3) is 5.91 Å². The van der Waals surface area contributed by atoms with Gasteiger partial charge in [-0.1, -0.05) is 30.0 Å². The molecule has 0 aliphatic heterocycles. The Morgan fingerprint density at radius 2 is 1.73 bits per heavy atom. The number of hydrogen-bond donors (Lipinski definition) is 1. The Hall–Kier alpha value is -2.93. The van der Waals surface area contributed by atoms with E-state index in [0.717, 1.165) is 11.3 Å². The molecule has 0 atom stereocenters. The molecular weight excluding hydrogens is 278 g/mol. The lowest BCUT2D eigenvalue weighted by atomic mass is 10.2. The summed E-state index contributed by atoms with van der Waals surface area (Å²) in [4.78, 5) is 11.6. The minimum absolute atomic E-state index is 0.0423. The molecule has 112 valence electrons. The highest BCUT2D eigenvalue weighted by atomic mass is 16.5. The van der Waals surface area contributed by atoms with Gasteiger partial charge in [0.1, 0.15) is 11.5 Å². The Morgan fingerprint density at radius 3 is 2.41 bits per heavy atom. The molecule has 0 aromatic heterocycles. The van der Waals surface area contributed by atoms with Crippen molar-refractivity contribution in [2.75, 3.05) is 20.3 Å². The monoisotopic (exact) mass is 295 g/mol. The second kappa shape index (κ2) is 8.38. The number of benzene rings is 2. The van der Waals surface area contributed by atoms with Crippen LogP contribution in [0.25, 0.3) is 0 Å². The first-order valence-electron chi connectivity index (χ1n) is 6.85. The highest BCUT2D eigenvalue weighted by molar-refractivity contribution is 5.77. The van der Waals surface area contributed by atoms with Crippen LogP contribution in [0.1, 0.15) is 5.56 Å². The standard InChI is InChI=1S/C18H17NO3/c1-21-16-9-11-17(12-10-16)22-14-18(20)19-13-5-8-15-6-3-2-4-7-15/h2-4,6-7,9-12H,13-14H2,1H3,(H,19,20). The molecule has 1 N–H and O–H groups in total. The van der Waals surface area contributed by atoms with Crippen LogP contribution in [0, 0.1) is 11.8 Å². The van der Waals surface area contributed by atoms with E-state index in [2.05, 4.69) is 17.2 Å². The van der Waals surface area contributed by atoms with Crippen molar-refractivity contribution in [2.45, 2.75) is 0 Å². The van der Waals surface area contributed by atoms with Crippen molar-refractivity contribution in [3.05, 3.63) is 60.2 Å². The van der Waals surface area contributed by atoms with Gasteiger partial charge in [0, 0.05) is 5.56 Å². The molecule has 0 aliphatic carbocycles. The summed E-state index contributed by atoms with van der Waals surface area (Å²) in [7, 11) is 1.60. The first-order chi connectivity index (χ1) is 10.8. The van der Waals surface area contributed by atoms with Crippen LogP contribution in [0.3, 0.4) is 0 Å². The molecule has 4 heteroatoms. The summed E-state index contributed by atoms with van der Waals surface area (Å²) in [6.45, 7) is 0.249. The van der Waals surface area contributed by atoms with Crippen LogP contribution in [0.15, 0.2) is 54.6 Å². The Balaban J connectivity index is 1.71. The van der Waals surface area contributed by atoms with E-state index in [0.29, 0.717) is 12.3 Å². The van der Waals surface area contributed by atoms with E-state index in [4.69, 9.17) is 9.47 Å². The molecule has 0 fully saturated rings. The Labute approximate surface area is 130 Å². The zero-order chi connectivity index (χ0) is 15.6. The topological polar surface area (TPSA) is 47.6 Å². The number of nitrogens with one attached hydrogen (secondary N) is 1. The van der Waals surface area contributed by atoms with Crippen LogP contribution in [0.4, 0.5) is 0 Å². The van der Waals surface area contributed by atoms with E-state index in [1.807, 2.05) is 30.3 Å². The molecule has 0 aliphatic rings. The van der Waals surface area contributed by atoms with Crippen molar-refractivity contribution in [1.82, 2.24) is 5.32 Å². The highest BCUT2D eigenvalue weighted by Crippen LogP contribution is 2.16. The maximum Gasteiger partial charge on any atom is 0.258 e. The highest BCUT2D eigenvalue weighted by Gasteiger charge is 2.01. The molecule has 4 nitrogen and oxygen atoms in total. The summed E-state index contributed by atoms with van der Waals surface area (Å²) in [5.74, 6) is 7.01. The molecule has 0 saturated carbocycles. The molecule has 0 radical (unpaired) electrons.